The number of sulfonamides is 1. The van der Waals surface area contributed by atoms with Gasteiger partial charge in [-0.25, -0.2) is 13.1 Å². The van der Waals surface area contributed by atoms with Gasteiger partial charge in [0, 0.05) is 17.8 Å². The Morgan fingerprint density at radius 2 is 1.81 bits per heavy atom. The molecule has 1 fully saturated rings. The third-order valence-corrected chi connectivity index (χ3v) is 7.36. The number of nitrogens with zero attached hydrogens (tertiary/aromatic N) is 1. The van der Waals surface area contributed by atoms with Crippen molar-refractivity contribution in [1.82, 2.24) is 9.62 Å². The molecule has 8 heteroatoms. The molecule has 0 bridgehead atoms. The van der Waals surface area contributed by atoms with E-state index in [4.69, 9.17) is 0 Å². The first-order chi connectivity index (χ1) is 14.7. The van der Waals surface area contributed by atoms with Gasteiger partial charge < -0.3 is 15.3 Å². The molecular formula is C23H31N3O4S. The minimum atomic E-state index is -3.76. The topological polar surface area (TPSA) is 98.7 Å². The van der Waals surface area contributed by atoms with Crippen LogP contribution in [0, 0.1) is 19.8 Å². The van der Waals surface area contributed by atoms with Crippen molar-refractivity contribution >= 4 is 21.6 Å². The Labute approximate surface area is 184 Å². The van der Waals surface area contributed by atoms with Crippen LogP contribution in [0.5, 0.6) is 0 Å². The van der Waals surface area contributed by atoms with E-state index in [1.807, 2.05) is 26.1 Å². The highest BCUT2D eigenvalue weighted by Crippen LogP contribution is 2.22. The first kappa shape index (κ1) is 23.4. The molecular weight excluding hydrogens is 414 g/mol. The number of hydrogen-bond donors (Lipinski definition) is 3. The molecule has 1 unspecified atom stereocenters. The van der Waals surface area contributed by atoms with E-state index in [2.05, 4.69) is 14.9 Å². The normalized spacial score (nSPS) is 16.8. The molecule has 1 saturated heterocycles. The van der Waals surface area contributed by atoms with Crippen LogP contribution in [-0.4, -0.2) is 57.1 Å². The number of aliphatic hydroxyl groups is 1. The Morgan fingerprint density at radius 1 is 1.13 bits per heavy atom. The number of rotatable bonds is 7. The molecule has 2 aromatic carbocycles. The summed E-state index contributed by atoms with van der Waals surface area (Å²) in [6.07, 6.45) is 0.999. The molecule has 0 spiro atoms. The second-order valence-corrected chi connectivity index (χ2v) is 10.1. The monoisotopic (exact) mass is 445 g/mol. The maximum atomic E-state index is 12.7. The van der Waals surface area contributed by atoms with Gasteiger partial charge in [-0.1, -0.05) is 18.2 Å². The number of aliphatic hydroxyl groups excluding tert-OH is 1. The van der Waals surface area contributed by atoms with E-state index in [-0.39, 0.29) is 23.3 Å². The molecule has 1 heterocycles. The number of carbonyl (C=O) groups is 1. The minimum Gasteiger partial charge on any atom is -0.391 e. The van der Waals surface area contributed by atoms with Crippen LogP contribution in [0.4, 0.5) is 5.69 Å². The lowest BCUT2D eigenvalue weighted by Crippen LogP contribution is -2.41. The third kappa shape index (κ3) is 5.92. The number of aryl methyl sites for hydroxylation is 2. The number of piperidine rings is 1. The van der Waals surface area contributed by atoms with Crippen molar-refractivity contribution in [2.75, 3.05) is 32.0 Å². The van der Waals surface area contributed by atoms with Crippen LogP contribution in [0.2, 0.25) is 0 Å². The van der Waals surface area contributed by atoms with E-state index < -0.39 is 16.1 Å². The lowest BCUT2D eigenvalue weighted by Gasteiger charge is -2.31. The fourth-order valence-corrected chi connectivity index (χ4v) is 4.96. The summed E-state index contributed by atoms with van der Waals surface area (Å²) < 4.78 is 27.9. The first-order valence-corrected chi connectivity index (χ1v) is 12.0. The number of likely N-dealkylation sites (tertiary alicyclic amines) is 1. The number of amides is 1. The van der Waals surface area contributed by atoms with Gasteiger partial charge in [0.1, 0.15) is 0 Å². The highest BCUT2D eigenvalue weighted by Gasteiger charge is 2.25. The lowest BCUT2D eigenvalue weighted by molar-refractivity contribution is 0.0697. The Kier molecular flexibility index (Phi) is 7.48. The largest absolute Gasteiger partial charge is 0.391 e. The minimum absolute atomic E-state index is 0.0124. The van der Waals surface area contributed by atoms with E-state index in [0.717, 1.165) is 31.5 Å². The van der Waals surface area contributed by atoms with Crippen LogP contribution in [-0.2, 0) is 10.0 Å². The summed E-state index contributed by atoms with van der Waals surface area (Å²) in [6.45, 7) is 5.41. The van der Waals surface area contributed by atoms with E-state index >= 15 is 0 Å². The summed E-state index contributed by atoms with van der Waals surface area (Å²) in [5.41, 5.74) is 2.63. The quantitative estimate of drug-likeness (QED) is 0.608. The smallest absolute Gasteiger partial charge is 0.255 e. The molecule has 1 aliphatic heterocycles. The van der Waals surface area contributed by atoms with E-state index in [9.17, 15) is 18.3 Å². The number of hydrogen-bond acceptors (Lipinski definition) is 5. The predicted molar refractivity (Wildman–Crippen MR) is 122 cm³/mol. The lowest BCUT2D eigenvalue weighted by atomic mass is 9.91. The zero-order chi connectivity index (χ0) is 22.6. The molecule has 0 radical (unpaired) electrons. The molecule has 3 rings (SSSR count). The van der Waals surface area contributed by atoms with Crippen LogP contribution < -0.4 is 10.0 Å². The summed E-state index contributed by atoms with van der Waals surface area (Å²) in [4.78, 5) is 14.9. The van der Waals surface area contributed by atoms with Crippen LogP contribution in [0.25, 0.3) is 0 Å². The van der Waals surface area contributed by atoms with Crippen molar-refractivity contribution < 1.29 is 18.3 Å². The standard InChI is InChI=1S/C23H31N3O4S/c1-16-6-4-5-7-20(16)23(28)25-21-9-8-19(14-17(21)2)31(29,30)24-15-22(27)18-10-12-26(3)13-11-18/h4-9,14,18,22,24,27H,10-13,15H2,1-3H3,(H,25,28). The second kappa shape index (κ2) is 9.91. The van der Waals surface area contributed by atoms with Crippen molar-refractivity contribution in [3.05, 3.63) is 59.2 Å². The molecule has 168 valence electrons. The van der Waals surface area contributed by atoms with Crippen molar-refractivity contribution in [2.24, 2.45) is 5.92 Å². The van der Waals surface area contributed by atoms with Crippen molar-refractivity contribution in [3.8, 4) is 0 Å². The molecule has 0 aliphatic carbocycles. The number of benzene rings is 2. The predicted octanol–water partition coefficient (Wildman–Crippen LogP) is 2.54. The highest BCUT2D eigenvalue weighted by atomic mass is 32.2. The molecule has 1 amide bonds. The molecule has 2 aromatic rings. The van der Waals surface area contributed by atoms with Gasteiger partial charge in [-0.3, -0.25) is 4.79 Å². The number of anilines is 1. The second-order valence-electron chi connectivity index (χ2n) is 8.31. The van der Waals surface area contributed by atoms with Gasteiger partial charge in [-0.2, -0.15) is 0 Å². The SMILES string of the molecule is Cc1cc(S(=O)(=O)NCC(O)C2CCN(C)CC2)ccc1NC(=O)c1ccccc1C. The zero-order valence-electron chi connectivity index (χ0n) is 18.3. The Morgan fingerprint density at radius 3 is 2.45 bits per heavy atom. The molecule has 3 N–H and O–H groups in total. The van der Waals surface area contributed by atoms with Gasteiger partial charge in [-0.15, -0.1) is 0 Å². The van der Waals surface area contributed by atoms with Gasteiger partial charge >= 0.3 is 0 Å². The summed E-state index contributed by atoms with van der Waals surface area (Å²) >= 11 is 0. The maximum absolute atomic E-state index is 12.7. The Bertz CT molecular complexity index is 1030. The third-order valence-electron chi connectivity index (χ3n) is 5.94. The summed E-state index contributed by atoms with van der Waals surface area (Å²) in [7, 11) is -1.72. The summed E-state index contributed by atoms with van der Waals surface area (Å²) in [6, 6.07) is 11.9. The average molecular weight is 446 g/mol. The molecule has 7 nitrogen and oxygen atoms in total. The molecule has 1 aliphatic rings. The van der Waals surface area contributed by atoms with Crippen molar-refractivity contribution in [1.29, 1.82) is 0 Å². The number of carbonyl (C=O) groups excluding carboxylic acids is 1. The summed E-state index contributed by atoms with van der Waals surface area (Å²) in [5, 5.41) is 13.3. The van der Waals surface area contributed by atoms with Crippen LogP contribution in [0.15, 0.2) is 47.4 Å². The molecule has 0 saturated carbocycles. The van der Waals surface area contributed by atoms with E-state index in [1.54, 1.807) is 25.1 Å². The highest BCUT2D eigenvalue weighted by molar-refractivity contribution is 7.89. The fourth-order valence-electron chi connectivity index (χ4n) is 3.82. The molecule has 0 aromatic heterocycles. The van der Waals surface area contributed by atoms with Gasteiger partial charge in [0.25, 0.3) is 5.91 Å². The molecule has 1 atom stereocenters. The van der Waals surface area contributed by atoms with Gasteiger partial charge in [0.2, 0.25) is 10.0 Å². The fraction of sp³-hybridized carbons (Fsp3) is 0.435. The van der Waals surface area contributed by atoms with E-state index in [1.165, 1.54) is 12.1 Å². The Hall–Kier alpha value is -2.26. The van der Waals surface area contributed by atoms with Crippen LogP contribution in [0.1, 0.15) is 34.3 Å². The maximum Gasteiger partial charge on any atom is 0.255 e. The van der Waals surface area contributed by atoms with Crippen molar-refractivity contribution in [2.45, 2.75) is 37.7 Å². The van der Waals surface area contributed by atoms with Crippen LogP contribution in [0.3, 0.4) is 0 Å². The Balaban J connectivity index is 1.64. The van der Waals surface area contributed by atoms with E-state index in [0.29, 0.717) is 16.8 Å². The van der Waals surface area contributed by atoms with Gasteiger partial charge in [0.05, 0.1) is 11.0 Å². The molecule has 31 heavy (non-hydrogen) atoms. The average Bonchev–Trinajstić information content (AvgIpc) is 2.74. The van der Waals surface area contributed by atoms with Crippen LogP contribution >= 0.6 is 0 Å². The van der Waals surface area contributed by atoms with Gasteiger partial charge in [-0.05, 0) is 88.1 Å². The van der Waals surface area contributed by atoms with Crippen molar-refractivity contribution in [3.63, 3.8) is 0 Å². The first-order valence-electron chi connectivity index (χ1n) is 10.5. The van der Waals surface area contributed by atoms with Gasteiger partial charge in [0.15, 0.2) is 0 Å². The number of nitrogens with one attached hydrogen (secondary N) is 2. The zero-order valence-corrected chi connectivity index (χ0v) is 19.1. The summed E-state index contributed by atoms with van der Waals surface area (Å²) in [5.74, 6) is -0.143.